The minimum absolute atomic E-state index is 0.0484. The maximum atomic E-state index is 5.66. The Kier molecular flexibility index (Phi) is 5.32. The molecule has 5 heteroatoms. The molecule has 0 amide bonds. The van der Waals surface area contributed by atoms with Gasteiger partial charge in [-0.05, 0) is 46.9 Å². The van der Waals surface area contributed by atoms with E-state index in [0.717, 1.165) is 24.2 Å². The normalized spacial score (nSPS) is 12.3. The van der Waals surface area contributed by atoms with E-state index >= 15 is 0 Å². The third kappa shape index (κ3) is 4.02. The van der Waals surface area contributed by atoms with Crippen LogP contribution in [-0.4, -0.2) is 11.6 Å². The number of thiophene rings is 1. The van der Waals surface area contributed by atoms with E-state index in [1.54, 1.807) is 17.5 Å². The molecule has 3 N–H and O–H groups in total. The molecule has 0 fully saturated rings. The fourth-order valence-electron chi connectivity index (χ4n) is 1.84. The highest BCUT2D eigenvalue weighted by atomic mass is 32.1. The average Bonchev–Trinajstić information content (AvgIpc) is 2.96. The van der Waals surface area contributed by atoms with Gasteiger partial charge in [0.25, 0.3) is 0 Å². The largest absolute Gasteiger partial charge is 0.492 e. The van der Waals surface area contributed by atoms with Gasteiger partial charge < -0.3 is 4.74 Å². The van der Waals surface area contributed by atoms with Gasteiger partial charge in [-0.3, -0.25) is 16.3 Å². The molecule has 102 valence electrons. The number of rotatable bonds is 7. The molecule has 0 radical (unpaired) electrons. The standard InChI is InChI=1S/C14H19N3OS/c1-2-4-18-13-7-12(8-16-9-13)14(17-15)6-11-3-5-19-10-11/h3,5,7-10,14,17H,2,4,6,15H2,1H3. The van der Waals surface area contributed by atoms with E-state index in [0.29, 0.717) is 6.61 Å². The molecule has 2 rings (SSSR count). The van der Waals surface area contributed by atoms with Crippen LogP contribution < -0.4 is 16.0 Å². The smallest absolute Gasteiger partial charge is 0.137 e. The van der Waals surface area contributed by atoms with Crippen LogP contribution in [-0.2, 0) is 6.42 Å². The second-order valence-electron chi connectivity index (χ2n) is 4.36. The molecule has 0 aliphatic heterocycles. The van der Waals surface area contributed by atoms with E-state index < -0.39 is 0 Å². The zero-order valence-corrected chi connectivity index (χ0v) is 11.8. The third-order valence-electron chi connectivity index (χ3n) is 2.83. The van der Waals surface area contributed by atoms with Crippen molar-refractivity contribution in [2.45, 2.75) is 25.8 Å². The Hall–Kier alpha value is -1.43. The van der Waals surface area contributed by atoms with E-state index in [-0.39, 0.29) is 6.04 Å². The van der Waals surface area contributed by atoms with Gasteiger partial charge in [0.15, 0.2) is 0 Å². The first-order chi connectivity index (χ1) is 9.33. The van der Waals surface area contributed by atoms with Crippen LogP contribution >= 0.6 is 11.3 Å². The Balaban J connectivity index is 2.09. The van der Waals surface area contributed by atoms with Crippen LogP contribution in [0.2, 0.25) is 0 Å². The molecule has 2 heterocycles. The van der Waals surface area contributed by atoms with Gasteiger partial charge in [-0.2, -0.15) is 11.3 Å². The summed E-state index contributed by atoms with van der Waals surface area (Å²) in [5.74, 6) is 6.45. The SMILES string of the molecule is CCCOc1cncc(C(Cc2ccsc2)NN)c1. The summed E-state index contributed by atoms with van der Waals surface area (Å²) < 4.78 is 5.60. The molecule has 1 unspecified atom stereocenters. The predicted molar refractivity (Wildman–Crippen MR) is 78.1 cm³/mol. The summed E-state index contributed by atoms with van der Waals surface area (Å²) in [5.41, 5.74) is 5.16. The van der Waals surface area contributed by atoms with Gasteiger partial charge in [0.2, 0.25) is 0 Å². The first-order valence-electron chi connectivity index (χ1n) is 6.38. The molecule has 0 bridgehead atoms. The molecule has 19 heavy (non-hydrogen) atoms. The fourth-order valence-corrected chi connectivity index (χ4v) is 2.52. The second-order valence-corrected chi connectivity index (χ2v) is 5.14. The number of nitrogens with two attached hydrogens (primary N) is 1. The molecule has 0 saturated carbocycles. The number of hydrogen-bond acceptors (Lipinski definition) is 5. The third-order valence-corrected chi connectivity index (χ3v) is 3.56. The number of aromatic nitrogens is 1. The van der Waals surface area contributed by atoms with E-state index in [1.165, 1.54) is 5.56 Å². The Labute approximate surface area is 117 Å². The van der Waals surface area contributed by atoms with Crippen LogP contribution in [0.1, 0.15) is 30.5 Å². The molecule has 0 aliphatic rings. The number of hydrogen-bond donors (Lipinski definition) is 2. The highest BCUT2D eigenvalue weighted by Crippen LogP contribution is 2.22. The quantitative estimate of drug-likeness (QED) is 0.603. The Morgan fingerprint density at radius 3 is 3.05 bits per heavy atom. The summed E-state index contributed by atoms with van der Waals surface area (Å²) in [5, 5.41) is 4.21. The zero-order chi connectivity index (χ0) is 13.5. The average molecular weight is 277 g/mol. The summed E-state index contributed by atoms with van der Waals surface area (Å²) >= 11 is 1.69. The van der Waals surface area contributed by atoms with Crippen molar-refractivity contribution in [3.63, 3.8) is 0 Å². The molecule has 0 aromatic carbocycles. The van der Waals surface area contributed by atoms with E-state index in [1.807, 2.05) is 12.3 Å². The lowest BCUT2D eigenvalue weighted by Gasteiger charge is -2.16. The minimum Gasteiger partial charge on any atom is -0.492 e. The van der Waals surface area contributed by atoms with Crippen molar-refractivity contribution in [1.82, 2.24) is 10.4 Å². The first-order valence-corrected chi connectivity index (χ1v) is 7.32. The Morgan fingerprint density at radius 1 is 1.47 bits per heavy atom. The van der Waals surface area contributed by atoms with Crippen molar-refractivity contribution in [3.8, 4) is 5.75 Å². The molecule has 1 atom stereocenters. The number of ether oxygens (including phenoxy) is 1. The van der Waals surface area contributed by atoms with Gasteiger partial charge in [-0.25, -0.2) is 0 Å². The van der Waals surface area contributed by atoms with Crippen LogP contribution in [0.3, 0.4) is 0 Å². The first kappa shape index (κ1) is 14.0. The lowest BCUT2D eigenvalue weighted by molar-refractivity contribution is 0.315. The maximum Gasteiger partial charge on any atom is 0.137 e. The minimum atomic E-state index is 0.0484. The van der Waals surface area contributed by atoms with Crippen LogP contribution in [0.5, 0.6) is 5.75 Å². The predicted octanol–water partition coefficient (Wildman–Crippen LogP) is 2.68. The summed E-state index contributed by atoms with van der Waals surface area (Å²) in [6.07, 6.45) is 5.39. The van der Waals surface area contributed by atoms with Crippen molar-refractivity contribution < 1.29 is 4.74 Å². The lowest BCUT2D eigenvalue weighted by atomic mass is 10.0. The van der Waals surface area contributed by atoms with Crippen molar-refractivity contribution in [2.75, 3.05) is 6.61 Å². The fraction of sp³-hybridized carbons (Fsp3) is 0.357. The summed E-state index contributed by atoms with van der Waals surface area (Å²) in [7, 11) is 0. The van der Waals surface area contributed by atoms with Crippen molar-refractivity contribution >= 4 is 11.3 Å². The molecular formula is C14H19N3OS. The molecule has 2 aromatic rings. The van der Waals surface area contributed by atoms with Crippen LogP contribution in [0.25, 0.3) is 0 Å². The van der Waals surface area contributed by atoms with Crippen LogP contribution in [0.15, 0.2) is 35.3 Å². The topological polar surface area (TPSA) is 60.2 Å². The summed E-state index contributed by atoms with van der Waals surface area (Å²) in [4.78, 5) is 4.22. The van der Waals surface area contributed by atoms with Gasteiger partial charge >= 0.3 is 0 Å². The van der Waals surface area contributed by atoms with Gasteiger partial charge in [-0.1, -0.05) is 6.92 Å². The molecule has 0 saturated heterocycles. The van der Waals surface area contributed by atoms with E-state index in [2.05, 4.69) is 34.2 Å². The molecule has 2 aromatic heterocycles. The Bertz CT molecular complexity index is 487. The van der Waals surface area contributed by atoms with Gasteiger partial charge in [-0.15, -0.1) is 0 Å². The van der Waals surface area contributed by atoms with Crippen molar-refractivity contribution in [1.29, 1.82) is 0 Å². The van der Waals surface area contributed by atoms with Gasteiger partial charge in [0, 0.05) is 6.20 Å². The van der Waals surface area contributed by atoms with E-state index in [4.69, 9.17) is 10.6 Å². The lowest BCUT2D eigenvalue weighted by Crippen LogP contribution is -2.29. The van der Waals surface area contributed by atoms with Crippen LogP contribution in [0.4, 0.5) is 0 Å². The molecule has 0 spiro atoms. The van der Waals surface area contributed by atoms with Crippen molar-refractivity contribution in [3.05, 3.63) is 46.4 Å². The molecule has 4 nitrogen and oxygen atoms in total. The second kappa shape index (κ2) is 7.23. The van der Waals surface area contributed by atoms with Gasteiger partial charge in [0.1, 0.15) is 5.75 Å². The maximum absolute atomic E-state index is 5.66. The number of nitrogens with zero attached hydrogens (tertiary/aromatic N) is 1. The summed E-state index contributed by atoms with van der Waals surface area (Å²) in [6.45, 7) is 2.79. The Morgan fingerprint density at radius 2 is 2.37 bits per heavy atom. The van der Waals surface area contributed by atoms with Gasteiger partial charge in [0.05, 0.1) is 18.8 Å². The van der Waals surface area contributed by atoms with Crippen molar-refractivity contribution in [2.24, 2.45) is 5.84 Å². The zero-order valence-electron chi connectivity index (χ0n) is 11.0. The van der Waals surface area contributed by atoms with E-state index in [9.17, 15) is 0 Å². The highest BCUT2D eigenvalue weighted by molar-refractivity contribution is 7.07. The highest BCUT2D eigenvalue weighted by Gasteiger charge is 2.12. The van der Waals surface area contributed by atoms with Crippen LogP contribution in [0, 0.1) is 0 Å². The molecule has 0 aliphatic carbocycles. The number of pyridine rings is 1. The summed E-state index contributed by atoms with van der Waals surface area (Å²) in [6, 6.07) is 4.16. The monoisotopic (exact) mass is 277 g/mol. The number of nitrogens with one attached hydrogen (secondary N) is 1. The molecular weight excluding hydrogens is 258 g/mol. The number of hydrazine groups is 1.